The second-order valence-electron chi connectivity index (χ2n) is 4.88. The Morgan fingerprint density at radius 1 is 1.33 bits per heavy atom. The topological polar surface area (TPSA) is 61.4 Å². The normalized spacial score (nSPS) is 14.3. The van der Waals surface area contributed by atoms with Crippen LogP contribution in [0.3, 0.4) is 0 Å². The molecule has 7 heteroatoms. The van der Waals surface area contributed by atoms with E-state index in [2.05, 4.69) is 21.6 Å². The summed E-state index contributed by atoms with van der Waals surface area (Å²) in [6.07, 6.45) is 0. The van der Waals surface area contributed by atoms with Crippen LogP contribution in [-0.4, -0.2) is 34.7 Å². The van der Waals surface area contributed by atoms with Crippen molar-refractivity contribution in [3.63, 3.8) is 0 Å². The lowest BCUT2D eigenvalue weighted by molar-refractivity contribution is 0.210. The van der Waals surface area contributed by atoms with Crippen molar-refractivity contribution in [1.29, 1.82) is 0 Å². The molecule has 1 aliphatic heterocycles. The van der Waals surface area contributed by atoms with E-state index >= 15 is 0 Å². The van der Waals surface area contributed by atoms with Gasteiger partial charge in [-0.25, -0.2) is 4.79 Å². The molecule has 0 fully saturated rings. The van der Waals surface area contributed by atoms with E-state index < -0.39 is 0 Å². The molecule has 0 saturated carbocycles. The predicted octanol–water partition coefficient (Wildman–Crippen LogP) is 2.54. The first kappa shape index (κ1) is 13.8. The van der Waals surface area contributed by atoms with Gasteiger partial charge in [0, 0.05) is 20.1 Å². The fourth-order valence-corrected chi connectivity index (χ4v) is 3.16. The number of rotatable bonds is 4. The van der Waals surface area contributed by atoms with Crippen LogP contribution in [0.1, 0.15) is 17.5 Å². The van der Waals surface area contributed by atoms with Gasteiger partial charge in [0.2, 0.25) is 5.13 Å². The number of nitrogens with zero attached hydrogens (tertiary/aromatic N) is 4. The predicted molar refractivity (Wildman–Crippen MR) is 83.6 cm³/mol. The number of para-hydroxylation sites is 1. The number of carbonyl (C=O) groups is 1. The molecular formula is C14H17N5OS. The van der Waals surface area contributed by atoms with Gasteiger partial charge >= 0.3 is 6.03 Å². The van der Waals surface area contributed by atoms with Crippen LogP contribution >= 0.6 is 11.3 Å². The van der Waals surface area contributed by atoms with Gasteiger partial charge in [-0.3, -0.25) is 4.90 Å². The maximum absolute atomic E-state index is 12.4. The molecule has 2 aromatic rings. The molecule has 0 aliphatic carbocycles. The molecule has 6 nitrogen and oxygen atoms in total. The van der Waals surface area contributed by atoms with Gasteiger partial charge in [0.1, 0.15) is 5.01 Å². The van der Waals surface area contributed by atoms with E-state index in [4.69, 9.17) is 0 Å². The summed E-state index contributed by atoms with van der Waals surface area (Å²) in [7, 11) is 1.81. The van der Waals surface area contributed by atoms with Gasteiger partial charge in [-0.15, -0.1) is 10.2 Å². The van der Waals surface area contributed by atoms with Gasteiger partial charge in [0.05, 0.1) is 12.2 Å². The summed E-state index contributed by atoms with van der Waals surface area (Å²) in [6.45, 7) is 3.91. The molecule has 1 aromatic carbocycles. The highest BCUT2D eigenvalue weighted by Crippen LogP contribution is 2.30. The van der Waals surface area contributed by atoms with E-state index in [-0.39, 0.29) is 6.03 Å². The molecule has 0 saturated heterocycles. The third-order valence-electron chi connectivity index (χ3n) is 3.34. The number of urea groups is 1. The smallest absolute Gasteiger partial charge is 0.324 e. The Kier molecular flexibility index (Phi) is 3.74. The van der Waals surface area contributed by atoms with Crippen LogP contribution < -0.4 is 10.2 Å². The lowest BCUT2D eigenvalue weighted by Crippen LogP contribution is -2.44. The Morgan fingerprint density at radius 3 is 2.95 bits per heavy atom. The fraction of sp³-hybridized carbons (Fsp3) is 0.357. The molecule has 1 aromatic heterocycles. The Morgan fingerprint density at radius 2 is 2.14 bits per heavy atom. The molecule has 0 spiro atoms. The molecule has 0 bridgehead atoms. The minimum atomic E-state index is -0.00565. The quantitative estimate of drug-likeness (QED) is 0.943. The van der Waals surface area contributed by atoms with Crippen LogP contribution in [0, 0.1) is 0 Å². The number of carbonyl (C=O) groups excluding carboxylic acids is 1. The third-order valence-corrected chi connectivity index (χ3v) is 4.20. The average Bonchev–Trinajstić information content (AvgIpc) is 2.92. The van der Waals surface area contributed by atoms with Crippen molar-refractivity contribution in [3.8, 4) is 0 Å². The van der Waals surface area contributed by atoms with Gasteiger partial charge in [0.25, 0.3) is 0 Å². The molecule has 0 radical (unpaired) electrons. The minimum Gasteiger partial charge on any atom is -0.360 e. The average molecular weight is 303 g/mol. The van der Waals surface area contributed by atoms with Crippen molar-refractivity contribution in [2.24, 2.45) is 0 Å². The van der Waals surface area contributed by atoms with Gasteiger partial charge in [0.15, 0.2) is 0 Å². The van der Waals surface area contributed by atoms with Crippen molar-refractivity contribution < 1.29 is 4.79 Å². The van der Waals surface area contributed by atoms with Crippen molar-refractivity contribution in [3.05, 3.63) is 34.8 Å². The van der Waals surface area contributed by atoms with Gasteiger partial charge in [-0.1, -0.05) is 29.5 Å². The Hall–Kier alpha value is -2.15. The van der Waals surface area contributed by atoms with E-state index in [0.29, 0.717) is 13.1 Å². The van der Waals surface area contributed by atoms with Crippen LogP contribution in [0.2, 0.25) is 0 Å². The van der Waals surface area contributed by atoms with E-state index in [9.17, 15) is 4.79 Å². The molecule has 2 amide bonds. The van der Waals surface area contributed by atoms with Crippen molar-refractivity contribution >= 4 is 28.2 Å². The zero-order valence-electron chi connectivity index (χ0n) is 12.0. The standard InChI is InChI=1S/C14H17N5OS/c1-3-15-13-17-16-12(21-13)9-19-11-7-5-4-6-10(11)8-18(2)14(19)20/h4-7H,3,8-9H2,1-2H3,(H,15,17). The summed E-state index contributed by atoms with van der Waals surface area (Å²) in [6, 6.07) is 7.97. The first-order valence-electron chi connectivity index (χ1n) is 6.86. The lowest BCUT2D eigenvalue weighted by Gasteiger charge is -2.34. The lowest BCUT2D eigenvalue weighted by atomic mass is 10.1. The first-order valence-corrected chi connectivity index (χ1v) is 7.67. The molecule has 1 N–H and O–H groups in total. The van der Waals surface area contributed by atoms with Gasteiger partial charge in [-0.2, -0.15) is 0 Å². The molecule has 110 valence electrons. The largest absolute Gasteiger partial charge is 0.360 e. The first-order chi connectivity index (χ1) is 10.2. The number of amides is 2. The summed E-state index contributed by atoms with van der Waals surface area (Å²) < 4.78 is 0. The number of nitrogens with one attached hydrogen (secondary N) is 1. The molecule has 2 heterocycles. The number of hydrogen-bond donors (Lipinski definition) is 1. The van der Waals surface area contributed by atoms with Crippen molar-refractivity contribution in [1.82, 2.24) is 15.1 Å². The Labute approximate surface area is 127 Å². The second-order valence-corrected chi connectivity index (χ2v) is 5.95. The molecule has 1 aliphatic rings. The van der Waals surface area contributed by atoms with Crippen molar-refractivity contribution in [2.75, 3.05) is 23.8 Å². The number of benzene rings is 1. The molecular weight excluding hydrogens is 286 g/mol. The number of aromatic nitrogens is 2. The van der Waals surface area contributed by atoms with Crippen LogP contribution in [-0.2, 0) is 13.1 Å². The summed E-state index contributed by atoms with van der Waals surface area (Å²) in [5, 5.41) is 13.0. The van der Waals surface area contributed by atoms with Crippen LogP contribution in [0.25, 0.3) is 0 Å². The monoisotopic (exact) mass is 303 g/mol. The van der Waals surface area contributed by atoms with Gasteiger partial charge in [-0.05, 0) is 18.6 Å². The Balaban J connectivity index is 1.87. The third kappa shape index (κ3) is 2.69. The molecule has 0 atom stereocenters. The summed E-state index contributed by atoms with van der Waals surface area (Å²) >= 11 is 1.48. The molecule has 3 rings (SSSR count). The highest BCUT2D eigenvalue weighted by atomic mass is 32.1. The second kappa shape index (κ2) is 5.69. The number of hydrogen-bond acceptors (Lipinski definition) is 5. The Bertz CT molecular complexity index is 656. The van der Waals surface area contributed by atoms with Crippen molar-refractivity contribution in [2.45, 2.75) is 20.0 Å². The maximum atomic E-state index is 12.4. The van der Waals surface area contributed by atoms with Crippen LogP contribution in [0.5, 0.6) is 0 Å². The summed E-state index contributed by atoms with van der Waals surface area (Å²) in [5.41, 5.74) is 2.11. The van der Waals surface area contributed by atoms with E-state index in [1.807, 2.05) is 32.2 Å². The summed E-state index contributed by atoms with van der Waals surface area (Å²) in [4.78, 5) is 15.9. The number of anilines is 2. The zero-order valence-corrected chi connectivity index (χ0v) is 12.9. The van der Waals surface area contributed by atoms with E-state index in [0.717, 1.165) is 27.9 Å². The van der Waals surface area contributed by atoms with E-state index in [1.54, 1.807) is 9.80 Å². The van der Waals surface area contributed by atoms with E-state index in [1.165, 1.54) is 11.3 Å². The van der Waals surface area contributed by atoms with Crippen LogP contribution in [0.4, 0.5) is 15.6 Å². The minimum absolute atomic E-state index is 0.00565. The highest BCUT2D eigenvalue weighted by molar-refractivity contribution is 7.15. The summed E-state index contributed by atoms with van der Waals surface area (Å²) in [5.74, 6) is 0. The molecule has 21 heavy (non-hydrogen) atoms. The fourth-order valence-electron chi connectivity index (χ4n) is 2.37. The van der Waals surface area contributed by atoms with Gasteiger partial charge < -0.3 is 10.2 Å². The zero-order chi connectivity index (χ0) is 14.8. The van der Waals surface area contributed by atoms with Crippen LogP contribution in [0.15, 0.2) is 24.3 Å². The number of fused-ring (bicyclic) bond motifs is 1. The highest BCUT2D eigenvalue weighted by Gasteiger charge is 2.28. The molecule has 0 unspecified atom stereocenters. The SMILES string of the molecule is CCNc1nnc(CN2C(=O)N(C)Cc3ccccc32)s1. The maximum Gasteiger partial charge on any atom is 0.324 e.